The summed E-state index contributed by atoms with van der Waals surface area (Å²) in [5.41, 5.74) is 1.28. The number of ether oxygens (including phenoxy) is 1. The van der Waals surface area contributed by atoms with Crippen molar-refractivity contribution in [1.29, 1.82) is 0 Å². The van der Waals surface area contributed by atoms with Crippen LogP contribution in [0.3, 0.4) is 0 Å². The van der Waals surface area contributed by atoms with E-state index in [1.807, 2.05) is 36.4 Å². The predicted molar refractivity (Wildman–Crippen MR) is 127 cm³/mol. The number of hydrogen-bond donors (Lipinski definition) is 2. The first-order valence-electron chi connectivity index (χ1n) is 11.1. The zero-order valence-electron chi connectivity index (χ0n) is 19.2. The lowest BCUT2D eigenvalue weighted by atomic mass is 10.1. The number of aryl methyl sites for hydroxylation is 2. The van der Waals surface area contributed by atoms with Crippen LogP contribution in [0.5, 0.6) is 0 Å². The van der Waals surface area contributed by atoms with Crippen molar-refractivity contribution in [2.45, 2.75) is 52.2 Å². The van der Waals surface area contributed by atoms with Crippen LogP contribution in [0.4, 0.5) is 16.4 Å². The minimum absolute atomic E-state index is 0.148. The predicted octanol–water partition coefficient (Wildman–Crippen LogP) is 3.19. The largest absolute Gasteiger partial charge is 0.447 e. The second kappa shape index (κ2) is 12.2. The number of aromatic nitrogens is 4. The Hall–Kier alpha value is -4.08. The lowest BCUT2D eigenvalue weighted by Crippen LogP contribution is -2.25. The molecule has 2 aromatic heterocycles. The zero-order valence-corrected chi connectivity index (χ0v) is 19.2. The maximum atomic E-state index is 12.2. The molecule has 34 heavy (non-hydrogen) atoms. The maximum absolute atomic E-state index is 12.2. The fourth-order valence-corrected chi connectivity index (χ4v) is 3.13. The van der Waals surface area contributed by atoms with Gasteiger partial charge in [0.25, 0.3) is 0 Å². The van der Waals surface area contributed by atoms with Crippen LogP contribution in [0.2, 0.25) is 0 Å². The first kappa shape index (κ1) is 24.6. The van der Waals surface area contributed by atoms with Gasteiger partial charge in [0, 0.05) is 12.7 Å². The molecule has 10 nitrogen and oxygen atoms in total. The summed E-state index contributed by atoms with van der Waals surface area (Å²) in [4.78, 5) is 39.7. The van der Waals surface area contributed by atoms with Gasteiger partial charge in [-0.2, -0.15) is 10.1 Å². The van der Waals surface area contributed by atoms with Crippen LogP contribution >= 0.6 is 0 Å². The molecule has 2 N–H and O–H groups in total. The van der Waals surface area contributed by atoms with Crippen LogP contribution < -0.4 is 16.3 Å². The minimum Gasteiger partial charge on any atom is -0.447 e. The number of nitrogens with one attached hydrogen (secondary N) is 2. The van der Waals surface area contributed by atoms with Gasteiger partial charge in [0.15, 0.2) is 5.82 Å². The second-order valence-electron chi connectivity index (χ2n) is 7.95. The summed E-state index contributed by atoms with van der Waals surface area (Å²) < 4.78 is 6.45. The first-order valence-corrected chi connectivity index (χ1v) is 11.1. The molecule has 178 valence electrons. The number of rotatable bonds is 10. The van der Waals surface area contributed by atoms with E-state index in [4.69, 9.17) is 4.74 Å². The number of carbonyl (C=O) groups is 2. The molecule has 0 radical (unpaired) electrons. The smallest absolute Gasteiger partial charge is 0.413 e. The van der Waals surface area contributed by atoms with Gasteiger partial charge in [0.2, 0.25) is 5.91 Å². The highest BCUT2D eigenvalue weighted by Crippen LogP contribution is 2.08. The van der Waals surface area contributed by atoms with E-state index in [-0.39, 0.29) is 24.2 Å². The van der Waals surface area contributed by atoms with Crippen molar-refractivity contribution in [1.82, 2.24) is 19.7 Å². The van der Waals surface area contributed by atoms with Gasteiger partial charge >= 0.3 is 11.8 Å². The van der Waals surface area contributed by atoms with Crippen molar-refractivity contribution in [3.63, 3.8) is 0 Å². The van der Waals surface area contributed by atoms with E-state index in [1.54, 1.807) is 32.2 Å². The lowest BCUT2D eigenvalue weighted by molar-refractivity contribution is -0.115. The molecule has 2 heterocycles. The molecule has 0 fully saturated rings. The Morgan fingerprint density at radius 2 is 1.76 bits per heavy atom. The quantitative estimate of drug-likeness (QED) is 0.441. The van der Waals surface area contributed by atoms with E-state index in [0.29, 0.717) is 18.8 Å². The number of anilines is 2. The summed E-state index contributed by atoms with van der Waals surface area (Å²) in [5, 5.41) is 13.4. The Labute approximate surface area is 197 Å². The van der Waals surface area contributed by atoms with E-state index in [0.717, 1.165) is 24.1 Å². The second-order valence-corrected chi connectivity index (χ2v) is 7.95. The Kier molecular flexibility index (Phi) is 8.84. The van der Waals surface area contributed by atoms with Crippen LogP contribution in [0.1, 0.15) is 37.9 Å². The van der Waals surface area contributed by atoms with E-state index < -0.39 is 11.8 Å². The van der Waals surface area contributed by atoms with Crippen molar-refractivity contribution in [3.8, 4) is 0 Å². The van der Waals surface area contributed by atoms with Gasteiger partial charge in [-0.05, 0) is 56.9 Å². The van der Waals surface area contributed by atoms with Gasteiger partial charge in [0.05, 0.1) is 18.2 Å². The van der Waals surface area contributed by atoms with E-state index in [2.05, 4.69) is 25.8 Å². The Morgan fingerprint density at radius 3 is 2.44 bits per heavy atom. The molecule has 0 spiro atoms. The number of nitrogens with zero attached hydrogens (tertiary/aromatic N) is 4. The van der Waals surface area contributed by atoms with Crippen molar-refractivity contribution >= 4 is 23.6 Å². The van der Waals surface area contributed by atoms with Gasteiger partial charge < -0.3 is 10.1 Å². The molecule has 1 aromatic carbocycles. The SMILES string of the molecule is CC(C)OC(=O)Nc1ccn(CCCCc2ccc(NC(=O)Cc3ccccc3)nn2)c(=O)n1. The molecule has 3 aromatic rings. The number of hydrogen-bond acceptors (Lipinski definition) is 7. The Bertz CT molecular complexity index is 1150. The Balaban J connectivity index is 1.40. The summed E-state index contributed by atoms with van der Waals surface area (Å²) in [7, 11) is 0. The average Bonchev–Trinajstić information content (AvgIpc) is 2.79. The fraction of sp³-hybridized carbons (Fsp3) is 0.333. The lowest BCUT2D eigenvalue weighted by Gasteiger charge is -2.10. The third-order valence-corrected chi connectivity index (χ3v) is 4.72. The molecule has 0 bridgehead atoms. The van der Waals surface area contributed by atoms with Crippen LogP contribution in [-0.4, -0.2) is 37.9 Å². The zero-order chi connectivity index (χ0) is 24.3. The summed E-state index contributed by atoms with van der Waals surface area (Å²) in [5.74, 6) is 0.414. The molecule has 0 aliphatic carbocycles. The molecule has 0 saturated heterocycles. The van der Waals surface area contributed by atoms with E-state index in [9.17, 15) is 14.4 Å². The van der Waals surface area contributed by atoms with Crippen LogP contribution in [0.25, 0.3) is 0 Å². The van der Waals surface area contributed by atoms with Gasteiger partial charge in [-0.1, -0.05) is 30.3 Å². The molecule has 0 unspecified atom stereocenters. The highest BCUT2D eigenvalue weighted by Gasteiger charge is 2.08. The molecule has 0 aliphatic rings. The van der Waals surface area contributed by atoms with Gasteiger partial charge in [-0.25, -0.2) is 9.59 Å². The van der Waals surface area contributed by atoms with Gasteiger partial charge in [-0.15, -0.1) is 5.10 Å². The molecule has 0 aliphatic heterocycles. The molecule has 2 amide bonds. The highest BCUT2D eigenvalue weighted by atomic mass is 16.6. The number of carbonyl (C=O) groups excluding carboxylic acids is 2. The fourth-order valence-electron chi connectivity index (χ4n) is 3.13. The van der Waals surface area contributed by atoms with Crippen molar-refractivity contribution < 1.29 is 14.3 Å². The van der Waals surface area contributed by atoms with Crippen molar-refractivity contribution in [2.75, 3.05) is 10.6 Å². The van der Waals surface area contributed by atoms with Crippen LogP contribution in [0, 0.1) is 0 Å². The third-order valence-electron chi connectivity index (χ3n) is 4.72. The minimum atomic E-state index is -0.650. The summed E-state index contributed by atoms with van der Waals surface area (Å²) in [6, 6.07) is 14.6. The van der Waals surface area contributed by atoms with Crippen molar-refractivity contribution in [3.05, 3.63) is 76.5 Å². The number of benzene rings is 1. The van der Waals surface area contributed by atoms with E-state index in [1.165, 1.54) is 4.57 Å². The summed E-state index contributed by atoms with van der Waals surface area (Å²) in [6.07, 6.45) is 3.17. The number of unbranched alkanes of at least 4 members (excludes halogenated alkanes) is 1. The standard InChI is InChI=1S/C24H28N6O4/c1-17(2)34-24(33)27-20-13-15-30(23(32)26-20)14-7-6-10-19-11-12-21(29-28-19)25-22(31)16-18-8-4-3-5-9-18/h3-5,8-9,11-13,15,17H,6-7,10,14,16H2,1-2H3,(H,25,29,31)(H,26,27,32,33). The van der Waals surface area contributed by atoms with Gasteiger partial charge in [-0.3, -0.25) is 14.7 Å². The summed E-state index contributed by atoms with van der Waals surface area (Å²) in [6.45, 7) is 3.95. The normalized spacial score (nSPS) is 10.7. The third kappa shape index (κ3) is 8.12. The van der Waals surface area contributed by atoms with Gasteiger partial charge in [0.1, 0.15) is 5.82 Å². The van der Waals surface area contributed by atoms with Crippen LogP contribution in [-0.2, 0) is 28.9 Å². The molecule has 10 heteroatoms. The van der Waals surface area contributed by atoms with Crippen LogP contribution in [0.15, 0.2) is 59.5 Å². The Morgan fingerprint density at radius 1 is 0.971 bits per heavy atom. The molecular formula is C24H28N6O4. The molecule has 3 rings (SSSR count). The molecular weight excluding hydrogens is 436 g/mol. The van der Waals surface area contributed by atoms with Crippen molar-refractivity contribution in [2.24, 2.45) is 0 Å². The molecule has 0 atom stereocenters. The highest BCUT2D eigenvalue weighted by molar-refractivity contribution is 5.91. The number of amides is 2. The monoisotopic (exact) mass is 464 g/mol. The maximum Gasteiger partial charge on any atom is 0.413 e. The molecule has 0 saturated carbocycles. The topological polar surface area (TPSA) is 128 Å². The summed E-state index contributed by atoms with van der Waals surface area (Å²) >= 11 is 0. The average molecular weight is 465 g/mol. The first-order chi connectivity index (χ1) is 16.4. The van der Waals surface area contributed by atoms with E-state index >= 15 is 0 Å².